The van der Waals surface area contributed by atoms with Gasteiger partial charge in [0.1, 0.15) is 18.0 Å². The zero-order valence-corrected chi connectivity index (χ0v) is 19.5. The number of halogens is 1. The van der Waals surface area contributed by atoms with Crippen LogP contribution in [0.25, 0.3) is 11.2 Å². The van der Waals surface area contributed by atoms with Crippen molar-refractivity contribution >= 4 is 28.7 Å². The smallest absolute Gasteiger partial charge is 0.191 e. The topological polar surface area (TPSA) is 138 Å². The van der Waals surface area contributed by atoms with Gasteiger partial charge in [0.25, 0.3) is 0 Å². The number of nitrogens with one attached hydrogen (secondary N) is 1. The third-order valence-corrected chi connectivity index (χ3v) is 5.68. The minimum atomic E-state index is -4.28. The van der Waals surface area contributed by atoms with Crippen LogP contribution in [0.3, 0.4) is 0 Å². The van der Waals surface area contributed by atoms with Crippen LogP contribution in [0, 0.1) is 12.7 Å². The van der Waals surface area contributed by atoms with Crippen LogP contribution in [-0.4, -0.2) is 83.4 Å². The molecule has 2 saturated carbocycles. The second-order valence-corrected chi connectivity index (χ2v) is 8.12. The van der Waals surface area contributed by atoms with E-state index >= 15 is 0 Å². The lowest BCUT2D eigenvalue weighted by Gasteiger charge is -2.17. The van der Waals surface area contributed by atoms with Gasteiger partial charge in [-0.25, -0.2) is 19.0 Å². The summed E-state index contributed by atoms with van der Waals surface area (Å²) in [5.74, 6) is -4.18. The molecule has 0 spiro atoms. The van der Waals surface area contributed by atoms with E-state index in [1.54, 1.807) is 0 Å². The fourth-order valence-electron chi connectivity index (χ4n) is 3.22. The van der Waals surface area contributed by atoms with Gasteiger partial charge in [0, 0.05) is 36.3 Å². The molecule has 2 aliphatic rings. The third kappa shape index (κ3) is 4.92. The molecular weight excluding hydrogens is 487 g/mol. The van der Waals surface area contributed by atoms with Gasteiger partial charge in [-0.05, 0) is 36.9 Å². The average Bonchev–Trinajstić information content (AvgIpc) is 3.26. The van der Waals surface area contributed by atoms with Gasteiger partial charge in [-0.2, -0.15) is 0 Å². The Morgan fingerprint density at radius 2 is 2.17 bits per heavy atom. The van der Waals surface area contributed by atoms with Gasteiger partial charge in [0.2, 0.25) is 0 Å². The van der Waals surface area contributed by atoms with Gasteiger partial charge in [0.15, 0.2) is 22.1 Å². The number of aliphatic hydroxyl groups excluding tert-OH is 1. The zero-order valence-electron chi connectivity index (χ0n) is 34.7. The molecule has 36 heavy (non-hydrogen) atoms. The Morgan fingerprint density at radius 1 is 1.33 bits per heavy atom. The zero-order chi connectivity index (χ0) is 39.9. The highest BCUT2D eigenvalue weighted by atomic mass is 32.2. The minimum absolute atomic E-state index is 0.0223. The minimum Gasteiger partial charge on any atom is -0.394 e. The first-order chi connectivity index (χ1) is 23.2. The maximum atomic E-state index is 14.5. The molecule has 2 aliphatic carbocycles. The van der Waals surface area contributed by atoms with E-state index in [9.17, 15) is 19.7 Å². The number of fused-ring (bicyclic) bond motifs is 1. The summed E-state index contributed by atoms with van der Waals surface area (Å²) in [6.45, 7) is -2.72. The molecule has 5 rings (SSSR count). The van der Waals surface area contributed by atoms with E-state index in [0.717, 1.165) is 13.0 Å². The number of aliphatic hydroxyl groups is 3. The number of ether oxygens (including phenoxy) is 1. The molecule has 2 heterocycles. The van der Waals surface area contributed by atoms with Gasteiger partial charge in [0.05, 0.1) is 34.9 Å². The largest absolute Gasteiger partial charge is 0.394 e. The van der Waals surface area contributed by atoms with Crippen LogP contribution < -0.4 is 5.32 Å². The molecule has 0 unspecified atom stereocenters. The van der Waals surface area contributed by atoms with Crippen LogP contribution >= 0.6 is 11.8 Å². The van der Waals surface area contributed by atoms with Crippen LogP contribution in [0.2, 0.25) is 0 Å². The molecule has 194 valence electrons. The lowest BCUT2D eigenvalue weighted by atomic mass is 10.1. The maximum Gasteiger partial charge on any atom is 0.191 e. The lowest BCUT2D eigenvalue weighted by molar-refractivity contribution is -0.0629. The highest BCUT2D eigenvalue weighted by molar-refractivity contribution is 7.99. The Bertz CT molecular complexity index is 1950. The predicted molar refractivity (Wildman–Crippen MR) is 133 cm³/mol. The molecule has 0 amide bonds. The van der Waals surface area contributed by atoms with Crippen LogP contribution in [0.5, 0.6) is 0 Å². The van der Waals surface area contributed by atoms with Gasteiger partial charge in [-0.3, -0.25) is 0 Å². The number of aryl methyl sites for hydroxylation is 1. The van der Waals surface area contributed by atoms with E-state index in [-0.39, 0.29) is 27.6 Å². The molecule has 1 aromatic carbocycles. The van der Waals surface area contributed by atoms with Crippen LogP contribution in [-0.2, 0) is 4.74 Å². The highest BCUT2D eigenvalue weighted by Gasteiger charge is 2.45. The van der Waals surface area contributed by atoms with Crippen LogP contribution in [0.4, 0.5) is 10.2 Å². The van der Waals surface area contributed by atoms with Crippen molar-refractivity contribution in [3.8, 4) is 0 Å². The average molecular weight is 535 g/mol. The fraction of sp³-hybridized carbons (Fsp3) is 0.583. The number of thioether (sulfide) groups is 1. The predicted octanol–water partition coefficient (Wildman–Crippen LogP) is 2.18. The van der Waals surface area contributed by atoms with E-state index in [4.69, 9.17) is 21.9 Å². The first-order valence-corrected chi connectivity index (χ1v) is 11.1. The van der Waals surface area contributed by atoms with Crippen molar-refractivity contribution in [1.82, 2.24) is 25.0 Å². The van der Waals surface area contributed by atoms with Crippen LogP contribution in [0.15, 0.2) is 23.4 Å². The van der Waals surface area contributed by atoms with E-state index < -0.39 is 102 Å². The number of anilines is 1. The van der Waals surface area contributed by atoms with Crippen molar-refractivity contribution in [2.75, 3.05) is 24.2 Å². The summed E-state index contributed by atoms with van der Waals surface area (Å²) in [7, 11) is 0. The number of aromatic nitrogens is 5. The van der Waals surface area contributed by atoms with Crippen molar-refractivity contribution < 1.29 is 46.4 Å². The fourth-order valence-corrected chi connectivity index (χ4v) is 3.69. The molecule has 4 N–H and O–H groups in total. The summed E-state index contributed by atoms with van der Waals surface area (Å²) in [6, 6.07) is -3.45. The summed E-state index contributed by atoms with van der Waals surface area (Å²) in [5, 5.41) is 40.4. The quantitative estimate of drug-likeness (QED) is 0.226. The number of nitrogens with zero attached hydrogens (tertiary/aromatic N) is 5. The Morgan fingerprint density at radius 3 is 2.92 bits per heavy atom. The molecule has 0 saturated heterocycles. The van der Waals surface area contributed by atoms with E-state index in [1.165, 1.54) is 19.1 Å². The Kier molecular flexibility index (Phi) is 3.64. The Hall–Kier alpha value is -2.38. The summed E-state index contributed by atoms with van der Waals surface area (Å²) in [4.78, 5) is 7.97. The number of hydrogen-bond donors (Lipinski definition) is 4. The summed E-state index contributed by atoms with van der Waals surface area (Å²) in [6.07, 6.45) is -22.2. The molecule has 6 atom stereocenters. The Labute approximate surface area is 234 Å². The van der Waals surface area contributed by atoms with Gasteiger partial charge in [-0.15, -0.1) is 5.10 Å². The monoisotopic (exact) mass is 534 g/mol. The second kappa shape index (κ2) is 10.5. The van der Waals surface area contributed by atoms with Crippen molar-refractivity contribution in [2.45, 2.75) is 74.3 Å². The standard InChI is InChI=1S/C24H31FN6O4S/c1-3-8-36-24-27-22(26-16-10-14(16)13-5-4-12(2)15(25)9-13)19-23(28-24)31(30-29-19)17-11-18(35-7-6-32)21(34)20(17)33/h4-5,9,14,16-18,20-21,32-34H,3,6-8,10-11H2,1-2H3,(H,26,27,28)/t14-,16+,17+,18-,20-,21+/m0/s1/i3D2,7D2,8D2,10D2,11D2,14D,16D,17D,18D,20D,21D. The summed E-state index contributed by atoms with van der Waals surface area (Å²) in [5.41, 5.74) is -4.77. The SMILES string of the molecule is [2H]C([2H])(CO)O[C@@]1([2H])C([2H])([2H])[C@@]([2H])(n2nnc3c(N[C@]4([2H])C([2H])([2H])[C@@]4([2H])c4ccc(C)c(F)c4)nc(SC([2H])([2H])C([2H])([2H])C)nc32)[C@]([2H])(O)[C@]1([2H])O. The normalized spacial score (nSPS) is 50.4. The van der Waals surface area contributed by atoms with Crippen molar-refractivity contribution in [3.05, 3.63) is 35.1 Å². The van der Waals surface area contributed by atoms with Crippen molar-refractivity contribution in [3.63, 3.8) is 0 Å². The molecule has 2 fully saturated rings. The first kappa shape index (κ1) is 12.4. The molecule has 0 radical (unpaired) electrons. The molecule has 10 nitrogen and oxygen atoms in total. The number of benzene rings is 1. The highest BCUT2D eigenvalue weighted by Crippen LogP contribution is 2.44. The van der Waals surface area contributed by atoms with Gasteiger partial charge in [-0.1, -0.05) is 36.0 Å². The summed E-state index contributed by atoms with van der Waals surface area (Å²) < 4.78 is 154. The molecular formula is C24H31FN6O4S. The lowest BCUT2D eigenvalue weighted by Crippen LogP contribution is -2.33. The van der Waals surface area contributed by atoms with Crippen molar-refractivity contribution in [1.29, 1.82) is 0 Å². The van der Waals surface area contributed by atoms with E-state index in [1.807, 2.05) is 0 Å². The van der Waals surface area contributed by atoms with E-state index in [2.05, 4.69) is 30.3 Å². The molecule has 2 aromatic heterocycles. The molecule has 0 bridgehead atoms. The Balaban J connectivity index is 1.77. The van der Waals surface area contributed by atoms with Crippen molar-refractivity contribution in [2.24, 2.45) is 0 Å². The summed E-state index contributed by atoms with van der Waals surface area (Å²) >= 11 is -0.0223. The van der Waals surface area contributed by atoms with Gasteiger partial charge < -0.3 is 25.4 Å². The van der Waals surface area contributed by atoms with E-state index in [0.29, 0.717) is 0 Å². The first-order valence-electron chi connectivity index (χ1n) is 18.3. The molecule has 0 aliphatic heterocycles. The maximum absolute atomic E-state index is 14.5. The molecule has 3 aromatic rings. The molecule has 12 heteroatoms. The van der Waals surface area contributed by atoms with Gasteiger partial charge >= 0.3 is 0 Å². The number of rotatable bonds is 10. The number of hydrogen-bond acceptors (Lipinski definition) is 10. The second-order valence-electron chi connectivity index (χ2n) is 7.35. The van der Waals surface area contributed by atoms with Crippen LogP contribution in [0.1, 0.15) is 71.0 Å². The third-order valence-electron chi connectivity index (χ3n) is 5.01.